The Morgan fingerprint density at radius 3 is 2.62 bits per heavy atom. The molecule has 24 heavy (non-hydrogen) atoms. The van der Waals surface area contributed by atoms with Crippen LogP contribution in [-0.2, 0) is 14.3 Å². The largest absolute Gasteiger partial charge is 0.451 e. The zero-order chi connectivity index (χ0) is 17.5. The number of hydrogen-bond donors (Lipinski definition) is 2. The lowest BCUT2D eigenvalue weighted by Crippen LogP contribution is -2.42. The van der Waals surface area contributed by atoms with Crippen molar-refractivity contribution in [2.75, 3.05) is 6.54 Å². The average molecular weight is 332 g/mol. The van der Waals surface area contributed by atoms with E-state index in [0.717, 1.165) is 31.2 Å². The zero-order valence-corrected chi connectivity index (χ0v) is 14.1. The third-order valence-electron chi connectivity index (χ3n) is 4.05. The summed E-state index contributed by atoms with van der Waals surface area (Å²) in [5.41, 5.74) is 1.44. The Kier molecular flexibility index (Phi) is 6.35. The van der Waals surface area contributed by atoms with Crippen molar-refractivity contribution in [3.63, 3.8) is 0 Å². The molecule has 1 saturated carbocycles. The predicted octanol–water partition coefficient (Wildman–Crippen LogP) is 1.72. The number of amides is 2. The molecule has 1 fully saturated rings. The molecule has 0 radical (unpaired) electrons. The van der Waals surface area contributed by atoms with E-state index < -0.39 is 12.1 Å². The summed E-state index contributed by atoms with van der Waals surface area (Å²) in [7, 11) is 0. The highest BCUT2D eigenvalue weighted by Crippen LogP contribution is 2.17. The molecule has 2 rings (SSSR count). The van der Waals surface area contributed by atoms with Gasteiger partial charge in [0.15, 0.2) is 6.10 Å². The SMILES string of the molecule is Cc1cccc(C(=O)NCC(=O)O[C@H](C)C(=O)NC2CCCC2)c1. The molecule has 2 amide bonds. The maximum absolute atomic E-state index is 12.0. The first-order valence-electron chi connectivity index (χ1n) is 8.30. The summed E-state index contributed by atoms with van der Waals surface area (Å²) in [5, 5.41) is 5.38. The minimum absolute atomic E-state index is 0.180. The lowest BCUT2D eigenvalue weighted by atomic mass is 10.1. The summed E-state index contributed by atoms with van der Waals surface area (Å²) < 4.78 is 5.07. The Morgan fingerprint density at radius 2 is 1.96 bits per heavy atom. The molecule has 1 aromatic rings. The third-order valence-corrected chi connectivity index (χ3v) is 4.05. The summed E-state index contributed by atoms with van der Waals surface area (Å²) in [4.78, 5) is 35.7. The fourth-order valence-corrected chi connectivity index (χ4v) is 2.72. The van der Waals surface area contributed by atoms with E-state index in [1.807, 2.05) is 13.0 Å². The van der Waals surface area contributed by atoms with Crippen molar-refractivity contribution >= 4 is 17.8 Å². The van der Waals surface area contributed by atoms with Gasteiger partial charge in [-0.1, -0.05) is 30.5 Å². The molecule has 0 bridgehead atoms. The Labute approximate surface area is 142 Å². The van der Waals surface area contributed by atoms with Crippen LogP contribution in [0.15, 0.2) is 24.3 Å². The van der Waals surface area contributed by atoms with Gasteiger partial charge in [-0.2, -0.15) is 0 Å². The molecule has 2 N–H and O–H groups in total. The van der Waals surface area contributed by atoms with Gasteiger partial charge in [0.05, 0.1) is 0 Å². The van der Waals surface area contributed by atoms with E-state index in [1.54, 1.807) is 18.2 Å². The van der Waals surface area contributed by atoms with Gasteiger partial charge in [-0.05, 0) is 38.8 Å². The number of hydrogen-bond acceptors (Lipinski definition) is 4. The monoisotopic (exact) mass is 332 g/mol. The lowest BCUT2D eigenvalue weighted by Gasteiger charge is -2.17. The Hall–Kier alpha value is -2.37. The minimum Gasteiger partial charge on any atom is -0.451 e. The average Bonchev–Trinajstić information content (AvgIpc) is 3.05. The van der Waals surface area contributed by atoms with Gasteiger partial charge in [0.2, 0.25) is 0 Å². The van der Waals surface area contributed by atoms with E-state index >= 15 is 0 Å². The molecule has 0 spiro atoms. The molecule has 1 atom stereocenters. The van der Waals surface area contributed by atoms with E-state index in [2.05, 4.69) is 10.6 Å². The number of carbonyl (C=O) groups excluding carboxylic acids is 3. The first-order chi connectivity index (χ1) is 11.5. The Bertz CT molecular complexity index is 609. The number of benzene rings is 1. The van der Waals surface area contributed by atoms with Crippen molar-refractivity contribution in [2.45, 2.75) is 51.7 Å². The molecule has 0 heterocycles. The quantitative estimate of drug-likeness (QED) is 0.777. The van der Waals surface area contributed by atoms with E-state index in [-0.39, 0.29) is 24.4 Å². The van der Waals surface area contributed by atoms with E-state index in [9.17, 15) is 14.4 Å². The van der Waals surface area contributed by atoms with E-state index in [1.165, 1.54) is 6.92 Å². The molecule has 1 aromatic carbocycles. The molecule has 6 nitrogen and oxygen atoms in total. The van der Waals surface area contributed by atoms with Crippen molar-refractivity contribution < 1.29 is 19.1 Å². The molecule has 0 aliphatic heterocycles. The van der Waals surface area contributed by atoms with Gasteiger partial charge in [-0.25, -0.2) is 0 Å². The number of rotatable bonds is 6. The fraction of sp³-hybridized carbons (Fsp3) is 0.500. The van der Waals surface area contributed by atoms with Gasteiger partial charge in [0.1, 0.15) is 6.54 Å². The van der Waals surface area contributed by atoms with Gasteiger partial charge < -0.3 is 15.4 Å². The van der Waals surface area contributed by atoms with Crippen LogP contribution in [0.2, 0.25) is 0 Å². The van der Waals surface area contributed by atoms with Crippen molar-refractivity contribution in [3.8, 4) is 0 Å². The lowest BCUT2D eigenvalue weighted by molar-refractivity contribution is -0.154. The number of carbonyl (C=O) groups is 3. The summed E-state index contributed by atoms with van der Waals surface area (Å²) >= 11 is 0. The fourth-order valence-electron chi connectivity index (χ4n) is 2.72. The van der Waals surface area contributed by atoms with Crippen LogP contribution < -0.4 is 10.6 Å². The summed E-state index contributed by atoms with van der Waals surface area (Å²) in [6, 6.07) is 7.25. The van der Waals surface area contributed by atoms with Crippen LogP contribution in [0.25, 0.3) is 0 Å². The van der Waals surface area contributed by atoms with Crippen molar-refractivity contribution in [3.05, 3.63) is 35.4 Å². The van der Waals surface area contributed by atoms with E-state index in [4.69, 9.17) is 4.74 Å². The molecular weight excluding hydrogens is 308 g/mol. The maximum atomic E-state index is 12.0. The van der Waals surface area contributed by atoms with Gasteiger partial charge in [0.25, 0.3) is 11.8 Å². The number of nitrogens with one attached hydrogen (secondary N) is 2. The summed E-state index contributed by atoms with van der Waals surface area (Å²) in [6.07, 6.45) is 3.31. The van der Waals surface area contributed by atoms with Crippen molar-refractivity contribution in [2.24, 2.45) is 0 Å². The molecule has 130 valence electrons. The van der Waals surface area contributed by atoms with Crippen LogP contribution in [-0.4, -0.2) is 36.5 Å². The number of aryl methyl sites for hydroxylation is 1. The Morgan fingerprint density at radius 1 is 1.25 bits per heavy atom. The second-order valence-electron chi connectivity index (χ2n) is 6.17. The second kappa shape index (κ2) is 8.47. The number of ether oxygens (including phenoxy) is 1. The normalized spacial score (nSPS) is 15.6. The van der Waals surface area contributed by atoms with Crippen LogP contribution >= 0.6 is 0 Å². The smallest absolute Gasteiger partial charge is 0.326 e. The summed E-state index contributed by atoms with van der Waals surface area (Å²) in [5.74, 6) is -1.27. The molecule has 0 saturated heterocycles. The van der Waals surface area contributed by atoms with Gasteiger partial charge in [-0.3, -0.25) is 14.4 Å². The van der Waals surface area contributed by atoms with Gasteiger partial charge in [0, 0.05) is 11.6 Å². The minimum atomic E-state index is -0.867. The second-order valence-corrected chi connectivity index (χ2v) is 6.17. The molecule has 6 heteroatoms. The molecule has 0 unspecified atom stereocenters. The molecule has 1 aliphatic carbocycles. The molecular formula is C18H24N2O4. The summed E-state index contributed by atoms with van der Waals surface area (Å²) in [6.45, 7) is 3.15. The third kappa shape index (κ3) is 5.37. The Balaban J connectivity index is 1.73. The van der Waals surface area contributed by atoms with Crippen LogP contribution in [0, 0.1) is 6.92 Å². The van der Waals surface area contributed by atoms with E-state index in [0.29, 0.717) is 5.56 Å². The van der Waals surface area contributed by atoms with Gasteiger partial charge >= 0.3 is 5.97 Å². The van der Waals surface area contributed by atoms with Crippen LogP contribution in [0.1, 0.15) is 48.5 Å². The highest BCUT2D eigenvalue weighted by Gasteiger charge is 2.23. The standard InChI is InChI=1S/C18H24N2O4/c1-12-6-5-7-14(10-12)18(23)19-11-16(21)24-13(2)17(22)20-15-8-3-4-9-15/h5-7,10,13,15H,3-4,8-9,11H2,1-2H3,(H,19,23)(H,20,22)/t13-/m1/s1. The number of esters is 1. The van der Waals surface area contributed by atoms with Gasteiger partial charge in [-0.15, -0.1) is 0 Å². The maximum Gasteiger partial charge on any atom is 0.326 e. The molecule has 0 aromatic heterocycles. The van der Waals surface area contributed by atoms with Crippen LogP contribution in [0.3, 0.4) is 0 Å². The topological polar surface area (TPSA) is 84.5 Å². The predicted molar refractivity (Wildman–Crippen MR) is 89.5 cm³/mol. The highest BCUT2D eigenvalue weighted by atomic mass is 16.5. The highest BCUT2D eigenvalue weighted by molar-refractivity contribution is 5.96. The van der Waals surface area contributed by atoms with Crippen LogP contribution in [0.5, 0.6) is 0 Å². The zero-order valence-electron chi connectivity index (χ0n) is 14.1. The first-order valence-corrected chi connectivity index (χ1v) is 8.30. The van der Waals surface area contributed by atoms with Crippen molar-refractivity contribution in [1.29, 1.82) is 0 Å². The molecule has 1 aliphatic rings. The van der Waals surface area contributed by atoms with Crippen LogP contribution in [0.4, 0.5) is 0 Å². The van der Waals surface area contributed by atoms with Crippen molar-refractivity contribution in [1.82, 2.24) is 10.6 Å². The first kappa shape index (κ1) is 18.0.